The van der Waals surface area contributed by atoms with Gasteiger partial charge in [0.15, 0.2) is 0 Å². The zero-order chi connectivity index (χ0) is 13.8. The highest BCUT2D eigenvalue weighted by Gasteiger charge is 2.20. The number of ether oxygens (including phenoxy) is 1. The van der Waals surface area contributed by atoms with Crippen LogP contribution in [0.4, 0.5) is 0 Å². The van der Waals surface area contributed by atoms with Crippen LogP contribution < -0.4 is 10.1 Å². The molecule has 3 rings (SSSR count). The van der Waals surface area contributed by atoms with Crippen molar-refractivity contribution in [3.8, 4) is 5.75 Å². The zero-order valence-corrected chi connectivity index (χ0v) is 11.1. The molecule has 1 aliphatic rings. The highest BCUT2D eigenvalue weighted by molar-refractivity contribution is 5.92. The van der Waals surface area contributed by atoms with Gasteiger partial charge in [0.2, 0.25) is 0 Å². The van der Waals surface area contributed by atoms with Crippen molar-refractivity contribution in [3.05, 3.63) is 59.9 Å². The monoisotopic (exact) mass is 268 g/mol. The Bertz CT molecular complexity index is 598. The van der Waals surface area contributed by atoms with Gasteiger partial charge in [0.1, 0.15) is 11.4 Å². The summed E-state index contributed by atoms with van der Waals surface area (Å²) in [5.74, 6) is 1.13. The number of hydrogen-bond donors (Lipinski definition) is 1. The third-order valence-corrected chi connectivity index (χ3v) is 3.40. The van der Waals surface area contributed by atoms with Gasteiger partial charge in [-0.05, 0) is 30.2 Å². The first kappa shape index (κ1) is 12.7. The average molecular weight is 268 g/mol. The normalized spacial score (nSPS) is 16.9. The van der Waals surface area contributed by atoms with E-state index in [0.29, 0.717) is 24.8 Å². The van der Waals surface area contributed by atoms with Crippen LogP contribution in [0.2, 0.25) is 0 Å². The van der Waals surface area contributed by atoms with Crippen molar-refractivity contribution in [3.63, 3.8) is 0 Å². The third kappa shape index (κ3) is 2.79. The maximum absolute atomic E-state index is 11.9. The van der Waals surface area contributed by atoms with Gasteiger partial charge >= 0.3 is 0 Å². The smallest absolute Gasteiger partial charge is 0.269 e. The Hall–Kier alpha value is -2.36. The van der Waals surface area contributed by atoms with Crippen LogP contribution in [0.5, 0.6) is 5.75 Å². The molecule has 1 aromatic heterocycles. The predicted molar refractivity (Wildman–Crippen MR) is 75.7 cm³/mol. The van der Waals surface area contributed by atoms with E-state index in [1.165, 1.54) is 5.56 Å². The minimum absolute atomic E-state index is 0.135. The van der Waals surface area contributed by atoms with Crippen LogP contribution in [-0.2, 0) is 6.42 Å². The second-order valence-electron chi connectivity index (χ2n) is 4.91. The lowest BCUT2D eigenvalue weighted by Gasteiger charge is -2.25. The van der Waals surface area contributed by atoms with E-state index in [9.17, 15) is 4.79 Å². The van der Waals surface area contributed by atoms with E-state index in [1.54, 1.807) is 18.3 Å². The summed E-state index contributed by atoms with van der Waals surface area (Å²) in [6.07, 6.45) is 2.55. The standard InChI is InChI=1S/C16H16N2O2/c19-16(14-6-3-4-8-17-14)18-10-12-9-13-5-1-2-7-15(13)20-11-12/h1-8,12H,9-11H2,(H,18,19)/t12-/m0/s1. The first-order chi connectivity index (χ1) is 9.83. The maximum atomic E-state index is 11.9. The number of aromatic nitrogens is 1. The summed E-state index contributed by atoms with van der Waals surface area (Å²) >= 11 is 0. The van der Waals surface area contributed by atoms with Gasteiger partial charge in [-0.2, -0.15) is 0 Å². The van der Waals surface area contributed by atoms with E-state index in [0.717, 1.165) is 12.2 Å². The second-order valence-corrected chi connectivity index (χ2v) is 4.91. The number of amides is 1. The van der Waals surface area contributed by atoms with Gasteiger partial charge in [-0.3, -0.25) is 9.78 Å². The molecule has 1 aliphatic heterocycles. The fraction of sp³-hybridized carbons (Fsp3) is 0.250. The number of carbonyl (C=O) groups excluding carboxylic acids is 1. The average Bonchev–Trinajstić information content (AvgIpc) is 2.53. The second kappa shape index (κ2) is 5.74. The fourth-order valence-electron chi connectivity index (χ4n) is 2.35. The molecule has 1 amide bonds. The van der Waals surface area contributed by atoms with Crippen molar-refractivity contribution in [2.75, 3.05) is 13.2 Å². The van der Waals surface area contributed by atoms with Crippen molar-refractivity contribution in [1.82, 2.24) is 10.3 Å². The molecule has 0 saturated carbocycles. The van der Waals surface area contributed by atoms with Crippen LogP contribution in [0.3, 0.4) is 0 Å². The van der Waals surface area contributed by atoms with Gasteiger partial charge in [0, 0.05) is 18.7 Å². The number of pyridine rings is 1. The summed E-state index contributed by atoms with van der Waals surface area (Å²) in [6, 6.07) is 13.4. The van der Waals surface area contributed by atoms with Gasteiger partial charge < -0.3 is 10.1 Å². The molecule has 0 unspecified atom stereocenters. The molecular weight excluding hydrogens is 252 g/mol. The minimum atomic E-state index is -0.135. The summed E-state index contributed by atoms with van der Waals surface area (Å²) in [7, 11) is 0. The number of benzene rings is 1. The number of nitrogens with one attached hydrogen (secondary N) is 1. The SMILES string of the molecule is O=C(NC[C@H]1COc2ccccc2C1)c1ccccn1. The summed E-state index contributed by atoms with van der Waals surface area (Å²) in [5.41, 5.74) is 1.65. The molecule has 2 aromatic rings. The number of hydrogen-bond acceptors (Lipinski definition) is 3. The first-order valence-corrected chi connectivity index (χ1v) is 6.73. The van der Waals surface area contributed by atoms with Crippen LogP contribution >= 0.6 is 0 Å². The maximum Gasteiger partial charge on any atom is 0.269 e. The quantitative estimate of drug-likeness (QED) is 0.927. The van der Waals surface area contributed by atoms with Crippen molar-refractivity contribution in [2.45, 2.75) is 6.42 Å². The molecule has 0 saturated heterocycles. The Kier molecular flexibility index (Phi) is 3.63. The van der Waals surface area contributed by atoms with Crippen molar-refractivity contribution in [1.29, 1.82) is 0 Å². The predicted octanol–water partition coefficient (Wildman–Crippen LogP) is 2.06. The molecule has 0 bridgehead atoms. The van der Waals surface area contributed by atoms with Gasteiger partial charge in [-0.25, -0.2) is 0 Å². The Labute approximate surface area is 117 Å². The fourth-order valence-corrected chi connectivity index (χ4v) is 2.35. The van der Waals surface area contributed by atoms with Crippen molar-refractivity contribution in [2.24, 2.45) is 5.92 Å². The zero-order valence-electron chi connectivity index (χ0n) is 11.1. The molecular formula is C16H16N2O2. The van der Waals surface area contributed by atoms with Gasteiger partial charge in [-0.1, -0.05) is 24.3 Å². The van der Waals surface area contributed by atoms with Crippen molar-refractivity contribution < 1.29 is 9.53 Å². The van der Waals surface area contributed by atoms with Gasteiger partial charge in [0.05, 0.1) is 6.61 Å². The number of nitrogens with zero attached hydrogens (tertiary/aromatic N) is 1. The van der Waals surface area contributed by atoms with Crippen LogP contribution in [0.15, 0.2) is 48.7 Å². The number of carbonyl (C=O) groups is 1. The highest BCUT2D eigenvalue weighted by Crippen LogP contribution is 2.26. The molecule has 1 atom stereocenters. The molecule has 0 aliphatic carbocycles. The number of rotatable bonds is 3. The lowest BCUT2D eigenvalue weighted by Crippen LogP contribution is -2.35. The minimum Gasteiger partial charge on any atom is -0.493 e. The number of fused-ring (bicyclic) bond motifs is 1. The molecule has 0 fully saturated rings. The first-order valence-electron chi connectivity index (χ1n) is 6.73. The van der Waals surface area contributed by atoms with E-state index >= 15 is 0 Å². The van der Waals surface area contributed by atoms with Crippen LogP contribution in [0, 0.1) is 5.92 Å². The Morgan fingerprint density at radius 2 is 2.10 bits per heavy atom. The van der Waals surface area contributed by atoms with Crippen LogP contribution in [-0.4, -0.2) is 24.0 Å². The molecule has 102 valence electrons. The van der Waals surface area contributed by atoms with Crippen molar-refractivity contribution >= 4 is 5.91 Å². The molecule has 0 radical (unpaired) electrons. The Balaban J connectivity index is 1.57. The Morgan fingerprint density at radius 3 is 2.95 bits per heavy atom. The Morgan fingerprint density at radius 1 is 1.25 bits per heavy atom. The number of para-hydroxylation sites is 1. The van der Waals surface area contributed by atoms with Gasteiger partial charge in [0.25, 0.3) is 5.91 Å². The molecule has 4 heteroatoms. The van der Waals surface area contributed by atoms with E-state index in [-0.39, 0.29) is 5.91 Å². The molecule has 0 spiro atoms. The molecule has 4 nitrogen and oxygen atoms in total. The largest absolute Gasteiger partial charge is 0.493 e. The van der Waals surface area contributed by atoms with E-state index < -0.39 is 0 Å². The van der Waals surface area contributed by atoms with Crippen LogP contribution in [0.25, 0.3) is 0 Å². The summed E-state index contributed by atoms with van der Waals surface area (Å²) in [5, 5.41) is 2.92. The molecule has 1 N–H and O–H groups in total. The lowest BCUT2D eigenvalue weighted by molar-refractivity contribution is 0.0934. The topological polar surface area (TPSA) is 51.2 Å². The third-order valence-electron chi connectivity index (χ3n) is 3.40. The van der Waals surface area contributed by atoms with E-state index in [1.807, 2.05) is 24.3 Å². The lowest BCUT2D eigenvalue weighted by atomic mass is 9.97. The summed E-state index contributed by atoms with van der Waals surface area (Å²) in [4.78, 5) is 16.0. The molecule has 20 heavy (non-hydrogen) atoms. The molecule has 2 heterocycles. The molecule has 1 aromatic carbocycles. The summed E-state index contributed by atoms with van der Waals surface area (Å²) in [6.45, 7) is 1.24. The van der Waals surface area contributed by atoms with E-state index in [2.05, 4.69) is 16.4 Å². The summed E-state index contributed by atoms with van der Waals surface area (Å²) < 4.78 is 5.71. The van der Waals surface area contributed by atoms with Gasteiger partial charge in [-0.15, -0.1) is 0 Å². The van der Waals surface area contributed by atoms with Crippen LogP contribution in [0.1, 0.15) is 16.1 Å². The van der Waals surface area contributed by atoms with E-state index in [4.69, 9.17) is 4.74 Å². The highest BCUT2D eigenvalue weighted by atomic mass is 16.5.